The lowest BCUT2D eigenvalue weighted by Crippen LogP contribution is -2.27. The lowest BCUT2D eigenvalue weighted by molar-refractivity contribution is -0.384. The van der Waals surface area contributed by atoms with Gasteiger partial charge in [0.05, 0.1) is 4.92 Å². The van der Waals surface area contributed by atoms with E-state index in [-0.39, 0.29) is 5.69 Å². The van der Waals surface area contributed by atoms with Gasteiger partial charge in [0.1, 0.15) is 5.75 Å². The highest BCUT2D eigenvalue weighted by atomic mass is 35.5. The van der Waals surface area contributed by atoms with Gasteiger partial charge >= 0.3 is 5.97 Å². The predicted molar refractivity (Wildman–Crippen MR) is 141 cm³/mol. The molecule has 0 spiro atoms. The Morgan fingerprint density at radius 2 is 1.39 bits per heavy atom. The largest absolute Gasteiger partial charge is 0.479 e. The maximum atomic E-state index is 11.8. The van der Waals surface area contributed by atoms with E-state index in [0.717, 1.165) is 26.5 Å². The Bertz CT molecular complexity index is 1320. The molecular formula is C28H22ClNO5S. The highest BCUT2D eigenvalue weighted by Gasteiger charge is 2.19. The third kappa shape index (κ3) is 6.87. The molecule has 182 valence electrons. The molecule has 0 aliphatic rings. The zero-order valence-electron chi connectivity index (χ0n) is 19.0. The number of aliphatic carboxylic acids is 1. The zero-order chi connectivity index (χ0) is 25.5. The number of benzene rings is 4. The van der Waals surface area contributed by atoms with Crippen molar-refractivity contribution in [1.82, 2.24) is 0 Å². The monoisotopic (exact) mass is 519 g/mol. The van der Waals surface area contributed by atoms with Crippen molar-refractivity contribution in [2.75, 3.05) is 0 Å². The second-order valence-electron chi connectivity index (χ2n) is 8.01. The highest BCUT2D eigenvalue weighted by molar-refractivity contribution is 7.99. The molecule has 4 aromatic carbocycles. The first-order chi connectivity index (χ1) is 17.4. The fraction of sp³-hybridized carbons (Fsp3) is 0.107. The first kappa shape index (κ1) is 25.3. The molecule has 0 aliphatic heterocycles. The Morgan fingerprint density at radius 3 is 1.92 bits per heavy atom. The van der Waals surface area contributed by atoms with Gasteiger partial charge in [-0.1, -0.05) is 59.8 Å². The van der Waals surface area contributed by atoms with Crippen LogP contribution in [0.5, 0.6) is 5.75 Å². The van der Waals surface area contributed by atoms with Gasteiger partial charge in [0.25, 0.3) is 5.69 Å². The summed E-state index contributed by atoms with van der Waals surface area (Å²) in [6.45, 7) is 0. The first-order valence-corrected chi connectivity index (χ1v) is 12.3. The molecular weight excluding hydrogens is 498 g/mol. The van der Waals surface area contributed by atoms with Gasteiger partial charge in [0, 0.05) is 26.9 Å². The van der Waals surface area contributed by atoms with Gasteiger partial charge < -0.3 is 9.84 Å². The Hall–Kier alpha value is -3.81. The van der Waals surface area contributed by atoms with Crippen LogP contribution in [0.2, 0.25) is 5.02 Å². The van der Waals surface area contributed by atoms with Gasteiger partial charge in [0.15, 0.2) is 6.10 Å². The number of nitro groups is 1. The summed E-state index contributed by atoms with van der Waals surface area (Å²) >= 11 is 7.40. The zero-order valence-corrected chi connectivity index (χ0v) is 20.6. The van der Waals surface area contributed by atoms with Crippen LogP contribution in [-0.2, 0) is 11.2 Å². The average molecular weight is 520 g/mol. The van der Waals surface area contributed by atoms with Crippen molar-refractivity contribution in [1.29, 1.82) is 0 Å². The molecule has 0 amide bonds. The van der Waals surface area contributed by atoms with Crippen LogP contribution >= 0.6 is 23.4 Å². The smallest absolute Gasteiger partial charge is 0.344 e. The molecule has 0 heterocycles. The minimum Gasteiger partial charge on any atom is -0.479 e. The molecule has 8 heteroatoms. The number of hydrogen-bond acceptors (Lipinski definition) is 5. The summed E-state index contributed by atoms with van der Waals surface area (Å²) in [6, 6.07) is 29.0. The Morgan fingerprint density at radius 1 is 0.861 bits per heavy atom. The highest BCUT2D eigenvalue weighted by Crippen LogP contribution is 2.30. The summed E-state index contributed by atoms with van der Waals surface area (Å²) < 4.78 is 5.75. The number of non-ortho nitro benzene ring substituents is 1. The van der Waals surface area contributed by atoms with Gasteiger partial charge in [-0.15, -0.1) is 0 Å². The van der Waals surface area contributed by atoms with Gasteiger partial charge in [-0.05, 0) is 78.1 Å². The van der Waals surface area contributed by atoms with Gasteiger partial charge in [-0.2, -0.15) is 0 Å². The second kappa shape index (κ2) is 11.7. The molecule has 1 atom stereocenters. The average Bonchev–Trinajstić information content (AvgIpc) is 2.88. The summed E-state index contributed by atoms with van der Waals surface area (Å²) in [5.74, 6) is -0.550. The fourth-order valence-corrected chi connectivity index (χ4v) is 4.50. The van der Waals surface area contributed by atoms with Crippen LogP contribution in [-0.4, -0.2) is 22.1 Å². The maximum Gasteiger partial charge on any atom is 0.344 e. The summed E-state index contributed by atoms with van der Waals surface area (Å²) in [7, 11) is 0. The van der Waals surface area contributed by atoms with Crippen LogP contribution in [0.4, 0.5) is 5.69 Å². The van der Waals surface area contributed by atoms with Crippen molar-refractivity contribution in [2.45, 2.75) is 28.7 Å². The molecule has 0 aliphatic carbocycles. The molecule has 6 nitrogen and oxygen atoms in total. The van der Waals surface area contributed by atoms with Crippen molar-refractivity contribution in [2.24, 2.45) is 0 Å². The first-order valence-electron chi connectivity index (χ1n) is 11.1. The molecule has 0 fully saturated rings. The summed E-state index contributed by atoms with van der Waals surface area (Å²) in [5, 5.41) is 21.1. The van der Waals surface area contributed by atoms with Crippen molar-refractivity contribution < 1.29 is 19.6 Å². The number of nitrogens with zero attached hydrogens (tertiary/aromatic N) is 1. The van der Waals surface area contributed by atoms with Crippen LogP contribution in [0.1, 0.15) is 12.0 Å². The van der Waals surface area contributed by atoms with Gasteiger partial charge in [-0.25, -0.2) is 4.79 Å². The second-order valence-corrected chi connectivity index (χ2v) is 9.60. The predicted octanol–water partition coefficient (Wildman–Crippen LogP) is 7.53. The Balaban J connectivity index is 1.33. The van der Waals surface area contributed by atoms with E-state index in [1.807, 2.05) is 60.7 Å². The lowest BCUT2D eigenvalue weighted by atomic mass is 10.0. The lowest BCUT2D eigenvalue weighted by Gasteiger charge is -2.15. The molecule has 4 aromatic rings. The molecule has 1 N–H and O–H groups in total. The fourth-order valence-electron chi connectivity index (χ4n) is 3.56. The maximum absolute atomic E-state index is 11.8. The number of rotatable bonds is 10. The Kier molecular flexibility index (Phi) is 8.25. The number of carboxylic acid groups (broad SMARTS) is 1. The van der Waals surface area contributed by atoms with Gasteiger partial charge in [-0.3, -0.25) is 10.1 Å². The van der Waals surface area contributed by atoms with E-state index in [0.29, 0.717) is 23.6 Å². The van der Waals surface area contributed by atoms with E-state index < -0.39 is 17.0 Å². The normalized spacial score (nSPS) is 11.6. The minimum atomic E-state index is -1.02. The van der Waals surface area contributed by atoms with E-state index in [1.54, 1.807) is 24.3 Å². The van der Waals surface area contributed by atoms with Crippen LogP contribution in [0.25, 0.3) is 11.1 Å². The molecule has 1 unspecified atom stereocenters. The van der Waals surface area contributed by atoms with Crippen molar-refractivity contribution in [3.05, 3.63) is 118 Å². The summed E-state index contributed by atoms with van der Waals surface area (Å²) in [5.41, 5.74) is 3.19. The van der Waals surface area contributed by atoms with Crippen LogP contribution in [0, 0.1) is 10.1 Å². The van der Waals surface area contributed by atoms with Crippen LogP contribution in [0.15, 0.2) is 107 Å². The standard InChI is InChI=1S/C28H22ClNO5S/c29-22-8-6-21(7-9-22)20-4-1-19(2-5-20)3-18-27(28(31)32)35-24-12-16-26(17-13-24)36-25-14-10-23(11-15-25)30(33)34/h1-2,4-17,27H,3,18H2,(H,31,32). The van der Waals surface area contributed by atoms with E-state index in [9.17, 15) is 20.0 Å². The quantitative estimate of drug-likeness (QED) is 0.172. The van der Waals surface area contributed by atoms with Crippen LogP contribution in [0.3, 0.4) is 0 Å². The number of carbonyl (C=O) groups is 1. The van der Waals surface area contributed by atoms with Crippen molar-refractivity contribution in [3.63, 3.8) is 0 Å². The molecule has 0 bridgehead atoms. The van der Waals surface area contributed by atoms with E-state index in [4.69, 9.17) is 16.3 Å². The third-order valence-electron chi connectivity index (χ3n) is 5.49. The number of nitro benzene ring substituents is 1. The number of carboxylic acids is 1. The summed E-state index contributed by atoms with van der Waals surface area (Å²) in [6.07, 6.45) is -0.0879. The number of ether oxygens (including phenoxy) is 1. The molecule has 0 saturated heterocycles. The SMILES string of the molecule is O=C(O)C(CCc1ccc(-c2ccc(Cl)cc2)cc1)Oc1ccc(Sc2ccc([N+](=O)[O-])cc2)cc1. The number of aryl methyl sites for hydroxylation is 1. The van der Waals surface area contributed by atoms with Crippen LogP contribution < -0.4 is 4.74 Å². The molecule has 0 saturated carbocycles. The number of halogens is 1. The van der Waals surface area contributed by atoms with Crippen molar-refractivity contribution >= 4 is 35.0 Å². The topological polar surface area (TPSA) is 89.7 Å². The van der Waals surface area contributed by atoms with E-state index >= 15 is 0 Å². The van der Waals surface area contributed by atoms with E-state index in [2.05, 4.69) is 0 Å². The summed E-state index contributed by atoms with van der Waals surface area (Å²) in [4.78, 5) is 23.9. The molecule has 4 rings (SSSR count). The molecule has 0 aromatic heterocycles. The molecule has 0 radical (unpaired) electrons. The Labute approximate surface area is 217 Å². The van der Waals surface area contributed by atoms with Gasteiger partial charge in [0.2, 0.25) is 0 Å². The molecule has 36 heavy (non-hydrogen) atoms. The third-order valence-corrected chi connectivity index (χ3v) is 6.76. The minimum absolute atomic E-state index is 0.0420. The van der Waals surface area contributed by atoms with Crippen molar-refractivity contribution in [3.8, 4) is 16.9 Å². The van der Waals surface area contributed by atoms with E-state index in [1.165, 1.54) is 23.9 Å². The number of hydrogen-bond donors (Lipinski definition) is 1.